The molecule has 2 rings (SSSR count). The number of carbonyl (C=O) groups is 1. The summed E-state index contributed by atoms with van der Waals surface area (Å²) < 4.78 is 10.4. The van der Waals surface area contributed by atoms with E-state index >= 15 is 0 Å². The maximum absolute atomic E-state index is 11.4. The van der Waals surface area contributed by atoms with Crippen molar-refractivity contribution in [2.75, 3.05) is 14.2 Å². The first-order chi connectivity index (χ1) is 10.7. The van der Waals surface area contributed by atoms with E-state index in [1.54, 1.807) is 18.3 Å². The summed E-state index contributed by atoms with van der Waals surface area (Å²) in [7, 11) is 2.85. The van der Waals surface area contributed by atoms with Crippen molar-refractivity contribution in [3.05, 3.63) is 65.2 Å². The van der Waals surface area contributed by atoms with Gasteiger partial charge in [0.15, 0.2) is 0 Å². The van der Waals surface area contributed by atoms with Crippen LogP contribution in [0.1, 0.15) is 21.5 Å². The van der Waals surface area contributed by atoms with E-state index in [0.29, 0.717) is 17.9 Å². The molecule has 0 aliphatic heterocycles. The number of hydrogen-bond donors (Lipinski definition) is 0. The molecule has 0 spiro atoms. The molecule has 0 aliphatic carbocycles. The van der Waals surface area contributed by atoms with Crippen molar-refractivity contribution in [2.45, 2.75) is 6.61 Å². The van der Waals surface area contributed by atoms with Gasteiger partial charge in [-0.15, -0.1) is 0 Å². The average molecular weight is 299 g/mol. The number of nitrogens with zero attached hydrogens (tertiary/aromatic N) is 1. The number of ether oxygens (including phenoxy) is 2. The van der Waals surface area contributed by atoms with E-state index < -0.39 is 0 Å². The first kappa shape index (κ1) is 15.6. The molecule has 2 aromatic rings. The molecule has 114 valence electrons. The Balaban J connectivity index is 2.04. The molecule has 5 nitrogen and oxygen atoms in total. The Kier molecular flexibility index (Phi) is 5.54. The Labute approximate surface area is 129 Å². The number of esters is 1. The number of carbonyl (C=O) groups excluding carboxylic acids is 1. The summed E-state index contributed by atoms with van der Waals surface area (Å²) in [4.78, 5) is 16.0. The highest BCUT2D eigenvalue weighted by atomic mass is 16.6. The fourth-order valence-corrected chi connectivity index (χ4v) is 1.84. The zero-order chi connectivity index (χ0) is 15.8. The van der Waals surface area contributed by atoms with Crippen molar-refractivity contribution in [3.63, 3.8) is 0 Å². The second kappa shape index (κ2) is 7.83. The van der Waals surface area contributed by atoms with Gasteiger partial charge in [-0.25, -0.2) is 4.79 Å². The minimum atomic E-state index is -0.353. The van der Waals surface area contributed by atoms with Gasteiger partial charge in [-0.1, -0.05) is 29.4 Å². The van der Waals surface area contributed by atoms with Gasteiger partial charge in [-0.2, -0.15) is 0 Å². The summed E-state index contributed by atoms with van der Waals surface area (Å²) >= 11 is 0. The van der Waals surface area contributed by atoms with Crippen molar-refractivity contribution in [2.24, 2.45) is 5.16 Å². The van der Waals surface area contributed by atoms with Crippen LogP contribution in [0.3, 0.4) is 0 Å². The second-order valence-corrected chi connectivity index (χ2v) is 4.43. The van der Waals surface area contributed by atoms with Gasteiger partial charge < -0.3 is 14.3 Å². The number of methoxy groups -OCH3 is 1. The van der Waals surface area contributed by atoms with Gasteiger partial charge in [0.2, 0.25) is 0 Å². The highest BCUT2D eigenvalue weighted by Crippen LogP contribution is 2.18. The molecule has 5 heteroatoms. The predicted molar refractivity (Wildman–Crippen MR) is 83.2 cm³/mol. The summed E-state index contributed by atoms with van der Waals surface area (Å²) in [5.74, 6) is 0.355. The van der Waals surface area contributed by atoms with Crippen LogP contribution >= 0.6 is 0 Å². The maximum Gasteiger partial charge on any atom is 0.337 e. The van der Waals surface area contributed by atoms with Gasteiger partial charge >= 0.3 is 5.97 Å². The molecule has 0 aliphatic rings. The first-order valence-corrected chi connectivity index (χ1v) is 6.70. The van der Waals surface area contributed by atoms with E-state index in [1.807, 2.05) is 36.4 Å². The average Bonchev–Trinajstić information content (AvgIpc) is 2.58. The summed E-state index contributed by atoms with van der Waals surface area (Å²) in [6.45, 7) is 0.388. The molecule has 0 bridgehead atoms. The van der Waals surface area contributed by atoms with E-state index in [4.69, 9.17) is 4.74 Å². The fraction of sp³-hybridized carbons (Fsp3) is 0.176. The summed E-state index contributed by atoms with van der Waals surface area (Å²) in [6.07, 6.45) is 1.59. The Hall–Kier alpha value is -2.82. The number of rotatable bonds is 6. The number of benzene rings is 2. The van der Waals surface area contributed by atoms with Crippen molar-refractivity contribution in [1.29, 1.82) is 0 Å². The standard InChI is InChI=1S/C17H17NO4/c1-20-17(19)14-9-7-13(8-10-14)12-22-16-6-4-3-5-15(16)11-18-21-2/h3-11H,12H2,1-2H3/b18-11+. The zero-order valence-electron chi connectivity index (χ0n) is 12.5. The highest BCUT2D eigenvalue weighted by molar-refractivity contribution is 5.89. The van der Waals surface area contributed by atoms with Crippen molar-refractivity contribution >= 4 is 12.2 Å². The monoisotopic (exact) mass is 299 g/mol. The Morgan fingerprint density at radius 2 is 1.82 bits per heavy atom. The lowest BCUT2D eigenvalue weighted by Gasteiger charge is -2.09. The minimum absolute atomic E-state index is 0.353. The van der Waals surface area contributed by atoms with Crippen LogP contribution in [0.2, 0.25) is 0 Å². The van der Waals surface area contributed by atoms with Crippen molar-refractivity contribution < 1.29 is 19.1 Å². The number of hydrogen-bond acceptors (Lipinski definition) is 5. The molecule has 0 radical (unpaired) electrons. The third-order valence-corrected chi connectivity index (χ3v) is 2.99. The van der Waals surface area contributed by atoms with Crippen LogP contribution in [0.25, 0.3) is 0 Å². The first-order valence-electron chi connectivity index (χ1n) is 6.70. The van der Waals surface area contributed by atoms with Gasteiger partial charge in [0.05, 0.1) is 18.9 Å². The second-order valence-electron chi connectivity index (χ2n) is 4.43. The van der Waals surface area contributed by atoms with Crippen LogP contribution in [0, 0.1) is 0 Å². The van der Waals surface area contributed by atoms with Gasteiger partial charge in [0.1, 0.15) is 19.5 Å². The summed E-state index contributed by atoms with van der Waals surface area (Å²) in [5, 5.41) is 3.74. The van der Waals surface area contributed by atoms with E-state index in [1.165, 1.54) is 14.2 Å². The summed E-state index contributed by atoms with van der Waals surface area (Å²) in [6, 6.07) is 14.6. The van der Waals surface area contributed by atoms with Crippen LogP contribution in [0.15, 0.2) is 53.7 Å². The van der Waals surface area contributed by atoms with Gasteiger partial charge in [0, 0.05) is 5.56 Å². The van der Waals surface area contributed by atoms with E-state index in [9.17, 15) is 4.79 Å². The molecule has 0 fully saturated rings. The zero-order valence-corrected chi connectivity index (χ0v) is 12.5. The third kappa shape index (κ3) is 4.09. The van der Waals surface area contributed by atoms with E-state index in [-0.39, 0.29) is 5.97 Å². The highest BCUT2D eigenvalue weighted by Gasteiger charge is 2.05. The van der Waals surface area contributed by atoms with Crippen LogP contribution in [0.5, 0.6) is 5.75 Å². The van der Waals surface area contributed by atoms with Crippen LogP contribution in [-0.4, -0.2) is 26.4 Å². The fourth-order valence-electron chi connectivity index (χ4n) is 1.84. The van der Waals surface area contributed by atoms with Crippen LogP contribution in [0.4, 0.5) is 0 Å². The maximum atomic E-state index is 11.4. The molecule has 2 aromatic carbocycles. The van der Waals surface area contributed by atoms with Gasteiger partial charge in [0.25, 0.3) is 0 Å². The quantitative estimate of drug-likeness (QED) is 0.467. The molecular formula is C17H17NO4. The minimum Gasteiger partial charge on any atom is -0.488 e. The molecule has 0 amide bonds. The molecule has 0 atom stereocenters. The van der Waals surface area contributed by atoms with Gasteiger partial charge in [-0.05, 0) is 29.8 Å². The van der Waals surface area contributed by atoms with Crippen molar-refractivity contribution in [1.82, 2.24) is 0 Å². The summed E-state index contributed by atoms with van der Waals surface area (Å²) in [5.41, 5.74) is 2.29. The van der Waals surface area contributed by atoms with Gasteiger partial charge in [-0.3, -0.25) is 0 Å². The number of para-hydroxylation sites is 1. The molecule has 0 saturated carbocycles. The van der Waals surface area contributed by atoms with Crippen LogP contribution < -0.4 is 4.74 Å². The molecule has 22 heavy (non-hydrogen) atoms. The molecule has 0 heterocycles. The predicted octanol–water partition coefficient (Wildman–Crippen LogP) is 3.03. The Bertz CT molecular complexity index is 650. The lowest BCUT2D eigenvalue weighted by atomic mass is 10.1. The van der Waals surface area contributed by atoms with Crippen molar-refractivity contribution in [3.8, 4) is 5.75 Å². The lowest BCUT2D eigenvalue weighted by Crippen LogP contribution is -2.02. The smallest absolute Gasteiger partial charge is 0.337 e. The molecule has 0 unspecified atom stereocenters. The Morgan fingerprint density at radius 3 is 2.50 bits per heavy atom. The normalized spacial score (nSPS) is 10.5. The van der Waals surface area contributed by atoms with Crippen LogP contribution in [-0.2, 0) is 16.2 Å². The molecule has 0 aromatic heterocycles. The van der Waals surface area contributed by atoms with E-state index in [2.05, 4.69) is 14.7 Å². The Morgan fingerprint density at radius 1 is 1.09 bits per heavy atom. The lowest BCUT2D eigenvalue weighted by molar-refractivity contribution is 0.0600. The molecule has 0 saturated heterocycles. The largest absolute Gasteiger partial charge is 0.488 e. The molecule has 0 N–H and O–H groups in total. The van der Waals surface area contributed by atoms with E-state index in [0.717, 1.165) is 11.1 Å². The SMILES string of the molecule is CO/N=C/c1ccccc1OCc1ccc(C(=O)OC)cc1. The molecular weight excluding hydrogens is 282 g/mol. The number of oxime groups is 1. The third-order valence-electron chi connectivity index (χ3n) is 2.99. The topological polar surface area (TPSA) is 57.1 Å².